The molecular weight excluding hydrogens is 262 g/mol. The summed E-state index contributed by atoms with van der Waals surface area (Å²) in [7, 11) is 1.95. The predicted molar refractivity (Wildman–Crippen MR) is 78.4 cm³/mol. The summed E-state index contributed by atoms with van der Waals surface area (Å²) in [5.74, 6) is 0. The Labute approximate surface area is 114 Å². The van der Waals surface area contributed by atoms with Crippen molar-refractivity contribution < 1.29 is 0 Å². The molecule has 0 saturated carbocycles. The van der Waals surface area contributed by atoms with Crippen LogP contribution in [0, 0.1) is 0 Å². The fourth-order valence-corrected chi connectivity index (χ4v) is 3.72. The molecule has 0 amide bonds. The molecule has 2 aromatic heterocycles. The van der Waals surface area contributed by atoms with Gasteiger partial charge in [0.25, 0.3) is 0 Å². The summed E-state index contributed by atoms with van der Waals surface area (Å²) in [5.41, 5.74) is 0. The van der Waals surface area contributed by atoms with Gasteiger partial charge in [-0.15, -0.1) is 21.5 Å². The lowest BCUT2D eigenvalue weighted by atomic mass is 10.2. The molecule has 0 radical (unpaired) electrons. The third-order valence-corrected chi connectivity index (χ3v) is 4.96. The molecular formula is C13H13N3S2. The first kappa shape index (κ1) is 11.8. The molecule has 18 heavy (non-hydrogen) atoms. The van der Waals surface area contributed by atoms with Gasteiger partial charge in [-0.2, -0.15) is 0 Å². The summed E-state index contributed by atoms with van der Waals surface area (Å²) < 4.78 is 1.31. The van der Waals surface area contributed by atoms with E-state index in [2.05, 4.69) is 45.8 Å². The van der Waals surface area contributed by atoms with Gasteiger partial charge in [-0.05, 0) is 24.6 Å². The maximum absolute atomic E-state index is 4.29. The van der Waals surface area contributed by atoms with Crippen molar-refractivity contribution in [2.75, 3.05) is 13.6 Å². The monoisotopic (exact) mass is 275 g/mol. The van der Waals surface area contributed by atoms with Crippen LogP contribution in [-0.4, -0.2) is 23.8 Å². The number of fused-ring (bicyclic) bond motifs is 1. The number of aromatic nitrogens is 2. The Morgan fingerprint density at radius 1 is 1.17 bits per heavy atom. The second-order valence-corrected chi connectivity index (χ2v) is 6.15. The molecule has 0 fully saturated rings. The molecule has 3 aromatic rings. The van der Waals surface area contributed by atoms with E-state index in [1.807, 2.05) is 7.05 Å². The Bertz CT molecular complexity index is 624. The normalized spacial score (nSPS) is 11.2. The number of nitrogens with one attached hydrogen (secondary N) is 1. The SMILES string of the molecule is CNCCc1nnc(-c2cc3ccccc3s2)s1. The van der Waals surface area contributed by atoms with E-state index < -0.39 is 0 Å². The van der Waals surface area contributed by atoms with Crippen molar-refractivity contribution in [3.8, 4) is 9.88 Å². The minimum absolute atomic E-state index is 0.944. The van der Waals surface area contributed by atoms with Crippen LogP contribution >= 0.6 is 22.7 Å². The van der Waals surface area contributed by atoms with E-state index in [1.165, 1.54) is 15.0 Å². The van der Waals surface area contributed by atoms with Gasteiger partial charge in [-0.3, -0.25) is 0 Å². The van der Waals surface area contributed by atoms with Gasteiger partial charge in [0, 0.05) is 17.7 Å². The molecule has 0 bridgehead atoms. The Morgan fingerprint density at radius 3 is 2.89 bits per heavy atom. The van der Waals surface area contributed by atoms with E-state index in [0.717, 1.165) is 23.0 Å². The molecule has 5 heteroatoms. The van der Waals surface area contributed by atoms with Crippen LogP contribution in [0.2, 0.25) is 0 Å². The molecule has 0 aliphatic heterocycles. The number of hydrogen-bond donors (Lipinski definition) is 1. The van der Waals surface area contributed by atoms with Crippen LogP contribution < -0.4 is 5.32 Å². The average molecular weight is 275 g/mol. The van der Waals surface area contributed by atoms with Crippen molar-refractivity contribution in [1.82, 2.24) is 15.5 Å². The average Bonchev–Trinajstić information content (AvgIpc) is 3.02. The summed E-state index contributed by atoms with van der Waals surface area (Å²) in [4.78, 5) is 1.21. The molecule has 0 atom stereocenters. The zero-order valence-electron chi connectivity index (χ0n) is 10.0. The Hall–Kier alpha value is -1.30. The highest BCUT2D eigenvalue weighted by molar-refractivity contribution is 7.25. The van der Waals surface area contributed by atoms with Crippen molar-refractivity contribution in [3.63, 3.8) is 0 Å². The van der Waals surface area contributed by atoms with Crippen LogP contribution in [0.25, 0.3) is 20.0 Å². The Morgan fingerprint density at radius 2 is 2.06 bits per heavy atom. The summed E-state index contributed by atoms with van der Waals surface area (Å²) in [6.07, 6.45) is 0.944. The summed E-state index contributed by atoms with van der Waals surface area (Å²) in [6.45, 7) is 0.945. The quantitative estimate of drug-likeness (QED) is 0.794. The highest BCUT2D eigenvalue weighted by Gasteiger charge is 2.09. The number of likely N-dealkylation sites (N-methyl/N-ethyl adjacent to an activating group) is 1. The highest BCUT2D eigenvalue weighted by atomic mass is 32.1. The number of benzene rings is 1. The molecule has 0 spiro atoms. The molecule has 0 aliphatic carbocycles. The first-order valence-corrected chi connectivity index (χ1v) is 7.46. The summed E-state index contributed by atoms with van der Waals surface area (Å²) in [5, 5.41) is 15.1. The van der Waals surface area contributed by atoms with Gasteiger partial charge in [0.2, 0.25) is 0 Å². The predicted octanol–water partition coefficient (Wildman–Crippen LogP) is 3.18. The number of nitrogens with zero attached hydrogens (tertiary/aromatic N) is 2. The molecule has 1 aromatic carbocycles. The molecule has 2 heterocycles. The fourth-order valence-electron chi connectivity index (χ4n) is 1.77. The molecule has 0 unspecified atom stereocenters. The molecule has 1 N–H and O–H groups in total. The van der Waals surface area contributed by atoms with Crippen LogP contribution in [0.1, 0.15) is 5.01 Å². The summed E-state index contributed by atoms with van der Waals surface area (Å²) >= 11 is 3.47. The fraction of sp³-hybridized carbons (Fsp3) is 0.231. The standard InChI is InChI=1S/C13H13N3S2/c1-14-7-6-12-15-16-13(18-12)11-8-9-4-2-3-5-10(9)17-11/h2-5,8,14H,6-7H2,1H3. The van der Waals surface area contributed by atoms with Gasteiger partial charge in [0.1, 0.15) is 5.01 Å². The van der Waals surface area contributed by atoms with Gasteiger partial charge in [0.15, 0.2) is 5.01 Å². The van der Waals surface area contributed by atoms with Crippen LogP contribution in [0.5, 0.6) is 0 Å². The minimum atomic E-state index is 0.944. The first-order valence-electron chi connectivity index (χ1n) is 5.83. The van der Waals surface area contributed by atoms with Gasteiger partial charge >= 0.3 is 0 Å². The van der Waals surface area contributed by atoms with Gasteiger partial charge < -0.3 is 5.32 Å². The number of rotatable bonds is 4. The van der Waals surface area contributed by atoms with Gasteiger partial charge in [-0.1, -0.05) is 29.5 Å². The lowest BCUT2D eigenvalue weighted by Gasteiger charge is -1.91. The molecule has 92 valence electrons. The third kappa shape index (κ3) is 2.29. The summed E-state index contributed by atoms with van der Waals surface area (Å²) in [6, 6.07) is 10.6. The molecule has 3 rings (SSSR count). The van der Waals surface area contributed by atoms with E-state index in [0.29, 0.717) is 0 Å². The second kappa shape index (κ2) is 5.14. The van der Waals surface area contributed by atoms with Crippen molar-refractivity contribution in [1.29, 1.82) is 0 Å². The van der Waals surface area contributed by atoms with Gasteiger partial charge in [0.05, 0.1) is 4.88 Å². The van der Waals surface area contributed by atoms with Crippen LogP contribution in [0.3, 0.4) is 0 Å². The van der Waals surface area contributed by atoms with Crippen LogP contribution in [0.15, 0.2) is 30.3 Å². The first-order chi connectivity index (χ1) is 8.86. The largest absolute Gasteiger partial charge is 0.319 e. The number of thiophene rings is 1. The van der Waals surface area contributed by atoms with Crippen molar-refractivity contribution >= 4 is 32.8 Å². The topological polar surface area (TPSA) is 37.8 Å². The van der Waals surface area contributed by atoms with Crippen molar-refractivity contribution in [2.24, 2.45) is 0 Å². The third-order valence-electron chi connectivity index (χ3n) is 2.69. The van der Waals surface area contributed by atoms with Crippen molar-refractivity contribution in [3.05, 3.63) is 35.3 Å². The Kier molecular flexibility index (Phi) is 3.36. The number of hydrogen-bond acceptors (Lipinski definition) is 5. The van der Waals surface area contributed by atoms with Crippen LogP contribution in [-0.2, 0) is 6.42 Å². The zero-order chi connectivity index (χ0) is 12.4. The lowest BCUT2D eigenvalue weighted by Crippen LogP contribution is -2.09. The van der Waals surface area contributed by atoms with Gasteiger partial charge in [-0.25, -0.2) is 0 Å². The van der Waals surface area contributed by atoms with Crippen molar-refractivity contribution in [2.45, 2.75) is 6.42 Å². The highest BCUT2D eigenvalue weighted by Crippen LogP contribution is 2.34. The van der Waals surface area contributed by atoms with E-state index >= 15 is 0 Å². The molecule has 0 saturated heterocycles. The smallest absolute Gasteiger partial charge is 0.157 e. The molecule has 3 nitrogen and oxygen atoms in total. The van der Waals surface area contributed by atoms with E-state index in [9.17, 15) is 0 Å². The van der Waals surface area contributed by atoms with Crippen LogP contribution in [0.4, 0.5) is 0 Å². The Balaban J connectivity index is 1.91. The second-order valence-electron chi connectivity index (χ2n) is 4.00. The zero-order valence-corrected chi connectivity index (χ0v) is 11.6. The minimum Gasteiger partial charge on any atom is -0.319 e. The van der Waals surface area contributed by atoms with E-state index in [1.54, 1.807) is 22.7 Å². The van der Waals surface area contributed by atoms with E-state index in [-0.39, 0.29) is 0 Å². The maximum atomic E-state index is 4.29. The molecule has 0 aliphatic rings. The van der Waals surface area contributed by atoms with E-state index in [4.69, 9.17) is 0 Å². The lowest BCUT2D eigenvalue weighted by molar-refractivity contribution is 0.779. The maximum Gasteiger partial charge on any atom is 0.157 e.